The SMILES string of the molecule is FC(F)(F)c1c(-c2ccccc2)noc1-c1ccc(Cl)cc1. The molecule has 0 aliphatic carbocycles. The topological polar surface area (TPSA) is 26.0 Å². The van der Waals surface area contributed by atoms with E-state index in [0.29, 0.717) is 10.6 Å². The van der Waals surface area contributed by atoms with Gasteiger partial charge in [-0.1, -0.05) is 47.1 Å². The first-order valence-electron chi connectivity index (χ1n) is 6.35. The maximum Gasteiger partial charge on any atom is 0.422 e. The molecule has 0 radical (unpaired) electrons. The van der Waals surface area contributed by atoms with Crippen LogP contribution in [0.1, 0.15) is 5.56 Å². The lowest BCUT2D eigenvalue weighted by Gasteiger charge is -2.08. The summed E-state index contributed by atoms with van der Waals surface area (Å²) in [6.45, 7) is 0. The Morgan fingerprint density at radius 3 is 2.09 bits per heavy atom. The highest BCUT2D eigenvalue weighted by molar-refractivity contribution is 6.30. The standard InChI is InChI=1S/C16H9ClF3NO/c17-12-8-6-11(7-9-12)15-13(16(18,19)20)14(21-22-15)10-4-2-1-3-5-10/h1-9H. The van der Waals surface area contributed by atoms with Crippen molar-refractivity contribution >= 4 is 11.6 Å². The zero-order valence-electron chi connectivity index (χ0n) is 11.1. The maximum absolute atomic E-state index is 13.5. The van der Waals surface area contributed by atoms with Crippen molar-refractivity contribution < 1.29 is 17.7 Å². The number of rotatable bonds is 2. The highest BCUT2D eigenvalue weighted by Crippen LogP contribution is 2.43. The Morgan fingerprint density at radius 1 is 0.864 bits per heavy atom. The minimum absolute atomic E-state index is 0.224. The van der Waals surface area contributed by atoms with E-state index >= 15 is 0 Å². The number of alkyl halides is 3. The van der Waals surface area contributed by atoms with Gasteiger partial charge in [0.15, 0.2) is 5.76 Å². The van der Waals surface area contributed by atoms with Crippen LogP contribution < -0.4 is 0 Å². The van der Waals surface area contributed by atoms with Gasteiger partial charge in [-0.05, 0) is 24.3 Å². The third kappa shape index (κ3) is 2.72. The molecule has 6 heteroatoms. The van der Waals surface area contributed by atoms with Crippen LogP contribution in [-0.4, -0.2) is 5.16 Å². The Hall–Kier alpha value is -2.27. The molecule has 0 saturated carbocycles. The Bertz CT molecular complexity index is 779. The van der Waals surface area contributed by atoms with Gasteiger partial charge in [0.25, 0.3) is 0 Å². The largest absolute Gasteiger partial charge is 0.422 e. The Balaban J connectivity index is 2.20. The second-order valence-electron chi connectivity index (χ2n) is 4.61. The highest BCUT2D eigenvalue weighted by Gasteiger charge is 2.41. The quantitative estimate of drug-likeness (QED) is 0.606. The average molecular weight is 324 g/mol. The second-order valence-corrected chi connectivity index (χ2v) is 5.04. The fraction of sp³-hybridized carbons (Fsp3) is 0.0625. The zero-order chi connectivity index (χ0) is 15.7. The summed E-state index contributed by atoms with van der Waals surface area (Å²) in [5, 5.41) is 4.05. The fourth-order valence-electron chi connectivity index (χ4n) is 2.14. The molecule has 0 aliphatic heterocycles. The Kier molecular flexibility index (Phi) is 3.66. The van der Waals surface area contributed by atoms with Gasteiger partial charge in [0.05, 0.1) is 0 Å². The third-order valence-corrected chi connectivity index (χ3v) is 3.38. The molecule has 2 aromatic carbocycles. The van der Waals surface area contributed by atoms with Crippen LogP contribution in [0.3, 0.4) is 0 Å². The van der Waals surface area contributed by atoms with Gasteiger partial charge >= 0.3 is 6.18 Å². The van der Waals surface area contributed by atoms with Crippen LogP contribution in [0.25, 0.3) is 22.6 Å². The monoisotopic (exact) mass is 323 g/mol. The van der Waals surface area contributed by atoms with Crippen molar-refractivity contribution in [1.29, 1.82) is 0 Å². The normalized spacial score (nSPS) is 11.6. The lowest BCUT2D eigenvalue weighted by molar-refractivity contribution is -0.136. The molecular formula is C16H9ClF3NO. The smallest absolute Gasteiger partial charge is 0.355 e. The van der Waals surface area contributed by atoms with Gasteiger partial charge in [0, 0.05) is 16.1 Å². The highest BCUT2D eigenvalue weighted by atomic mass is 35.5. The zero-order valence-corrected chi connectivity index (χ0v) is 11.8. The first-order chi connectivity index (χ1) is 10.5. The van der Waals surface area contributed by atoms with Crippen molar-refractivity contribution in [2.45, 2.75) is 6.18 Å². The molecule has 0 saturated heterocycles. The van der Waals surface area contributed by atoms with E-state index in [-0.39, 0.29) is 17.0 Å². The van der Waals surface area contributed by atoms with Gasteiger partial charge in [0.2, 0.25) is 0 Å². The number of aromatic nitrogens is 1. The van der Waals surface area contributed by atoms with E-state index in [2.05, 4.69) is 5.16 Å². The van der Waals surface area contributed by atoms with E-state index in [4.69, 9.17) is 16.1 Å². The minimum atomic E-state index is -4.58. The molecule has 1 aromatic heterocycles. The number of halogens is 4. The molecule has 0 N–H and O–H groups in total. The van der Waals surface area contributed by atoms with E-state index in [1.807, 2.05) is 0 Å². The van der Waals surface area contributed by atoms with Crippen LogP contribution in [0.15, 0.2) is 59.1 Å². The van der Waals surface area contributed by atoms with Crippen LogP contribution in [0.5, 0.6) is 0 Å². The number of benzene rings is 2. The van der Waals surface area contributed by atoms with Gasteiger partial charge in [-0.25, -0.2) is 0 Å². The second kappa shape index (κ2) is 5.50. The number of nitrogens with zero attached hydrogens (tertiary/aromatic N) is 1. The van der Waals surface area contributed by atoms with Crippen molar-refractivity contribution in [2.24, 2.45) is 0 Å². The summed E-state index contributed by atoms with van der Waals surface area (Å²) in [7, 11) is 0. The van der Waals surface area contributed by atoms with Crippen LogP contribution in [0.2, 0.25) is 5.02 Å². The van der Waals surface area contributed by atoms with Gasteiger partial charge in [-0.3, -0.25) is 0 Å². The predicted octanol–water partition coefficient (Wildman–Crippen LogP) is 5.68. The summed E-state index contributed by atoms with van der Waals surface area (Å²) in [5.74, 6) is -0.317. The van der Waals surface area contributed by atoms with Gasteiger partial charge in [-0.15, -0.1) is 0 Å². The molecule has 1 heterocycles. The molecule has 2 nitrogen and oxygen atoms in total. The number of hydrogen-bond donors (Lipinski definition) is 0. The molecule has 0 bridgehead atoms. The van der Waals surface area contributed by atoms with Crippen molar-refractivity contribution in [2.75, 3.05) is 0 Å². The van der Waals surface area contributed by atoms with Crippen molar-refractivity contribution in [3.05, 3.63) is 65.2 Å². The molecule has 22 heavy (non-hydrogen) atoms. The summed E-state index contributed by atoms with van der Waals surface area (Å²) < 4.78 is 45.4. The van der Waals surface area contributed by atoms with Crippen molar-refractivity contribution in [1.82, 2.24) is 5.16 Å². The molecule has 0 amide bonds. The summed E-state index contributed by atoms with van der Waals surface area (Å²) >= 11 is 5.76. The molecule has 0 spiro atoms. The predicted molar refractivity (Wildman–Crippen MR) is 77.4 cm³/mol. The molecular weight excluding hydrogens is 315 g/mol. The molecule has 0 aliphatic rings. The molecule has 0 atom stereocenters. The molecule has 112 valence electrons. The van der Waals surface area contributed by atoms with Gasteiger partial charge < -0.3 is 4.52 Å². The fourth-order valence-corrected chi connectivity index (χ4v) is 2.27. The lowest BCUT2D eigenvalue weighted by atomic mass is 10.0. The van der Waals surface area contributed by atoms with Crippen molar-refractivity contribution in [3.63, 3.8) is 0 Å². The van der Waals surface area contributed by atoms with E-state index in [0.717, 1.165) is 0 Å². The van der Waals surface area contributed by atoms with E-state index in [1.165, 1.54) is 24.3 Å². The van der Waals surface area contributed by atoms with E-state index in [9.17, 15) is 13.2 Å². The molecule has 0 unspecified atom stereocenters. The van der Waals surface area contributed by atoms with Gasteiger partial charge in [-0.2, -0.15) is 13.2 Å². The third-order valence-electron chi connectivity index (χ3n) is 3.13. The summed E-state index contributed by atoms with van der Waals surface area (Å²) in [4.78, 5) is 0. The Labute approximate surface area is 129 Å². The number of hydrogen-bond acceptors (Lipinski definition) is 2. The summed E-state index contributed by atoms with van der Waals surface area (Å²) in [6.07, 6.45) is -4.58. The van der Waals surface area contributed by atoms with Gasteiger partial charge in [0.1, 0.15) is 11.3 Å². The van der Waals surface area contributed by atoms with Crippen LogP contribution in [0, 0.1) is 0 Å². The minimum Gasteiger partial charge on any atom is -0.355 e. The molecule has 0 fully saturated rings. The first kappa shape index (κ1) is 14.7. The summed E-state index contributed by atoms with van der Waals surface area (Å²) in [5.41, 5.74) is -0.496. The Morgan fingerprint density at radius 2 is 1.50 bits per heavy atom. The van der Waals surface area contributed by atoms with Crippen LogP contribution >= 0.6 is 11.6 Å². The van der Waals surface area contributed by atoms with Crippen LogP contribution in [0.4, 0.5) is 13.2 Å². The van der Waals surface area contributed by atoms with Crippen molar-refractivity contribution in [3.8, 4) is 22.6 Å². The first-order valence-corrected chi connectivity index (χ1v) is 6.73. The van der Waals surface area contributed by atoms with E-state index in [1.54, 1.807) is 30.3 Å². The maximum atomic E-state index is 13.5. The average Bonchev–Trinajstić information content (AvgIpc) is 2.94. The lowest BCUT2D eigenvalue weighted by Crippen LogP contribution is -2.07. The van der Waals surface area contributed by atoms with Crippen LogP contribution in [-0.2, 0) is 6.18 Å². The summed E-state index contributed by atoms with van der Waals surface area (Å²) in [6, 6.07) is 14.1. The molecule has 3 aromatic rings. The molecule has 3 rings (SSSR count). The van der Waals surface area contributed by atoms with E-state index < -0.39 is 11.7 Å².